The van der Waals surface area contributed by atoms with Gasteiger partial charge in [0.1, 0.15) is 0 Å². The summed E-state index contributed by atoms with van der Waals surface area (Å²) in [6, 6.07) is 17.5. The van der Waals surface area contributed by atoms with Crippen molar-refractivity contribution in [3.8, 4) is 11.1 Å². The molecule has 0 aliphatic heterocycles. The number of carbonyl (C=O) groups is 2. The SMILES string of the molecule is CN(C)C(=O)c1ccc(-c2cccn3nc(Nc4ccc(C(=O)O)cc4)nc23)cc1. The van der Waals surface area contributed by atoms with Crippen LogP contribution in [0, 0.1) is 0 Å². The molecule has 4 aromatic rings. The molecule has 0 spiro atoms. The van der Waals surface area contributed by atoms with Crippen molar-refractivity contribution in [3.05, 3.63) is 78.0 Å². The number of aromatic carboxylic acids is 1. The van der Waals surface area contributed by atoms with Gasteiger partial charge in [-0.3, -0.25) is 4.79 Å². The number of rotatable bonds is 5. The molecule has 0 saturated carbocycles. The molecule has 0 aliphatic rings. The fourth-order valence-corrected chi connectivity index (χ4v) is 3.06. The average Bonchev–Trinajstić information content (AvgIpc) is 3.16. The van der Waals surface area contributed by atoms with Gasteiger partial charge in [0, 0.05) is 37.1 Å². The Balaban J connectivity index is 1.64. The molecule has 0 bridgehead atoms. The van der Waals surface area contributed by atoms with Crippen LogP contribution in [0.2, 0.25) is 0 Å². The molecule has 2 aromatic carbocycles. The Morgan fingerprint density at radius 2 is 1.63 bits per heavy atom. The van der Waals surface area contributed by atoms with Gasteiger partial charge < -0.3 is 15.3 Å². The molecule has 0 saturated heterocycles. The molecule has 8 heteroatoms. The Morgan fingerprint density at radius 1 is 0.967 bits per heavy atom. The Hall–Kier alpha value is -4.20. The number of pyridine rings is 1. The highest BCUT2D eigenvalue weighted by Gasteiger charge is 2.12. The number of carboxylic acids is 1. The summed E-state index contributed by atoms with van der Waals surface area (Å²) in [5.41, 5.74) is 3.97. The molecule has 1 amide bonds. The second-order valence-corrected chi connectivity index (χ2v) is 6.91. The lowest BCUT2D eigenvalue weighted by molar-refractivity contribution is 0.0696. The number of hydrogen-bond acceptors (Lipinski definition) is 5. The number of nitrogens with zero attached hydrogens (tertiary/aromatic N) is 4. The van der Waals surface area contributed by atoms with E-state index in [4.69, 9.17) is 5.11 Å². The number of anilines is 2. The van der Waals surface area contributed by atoms with E-state index in [1.807, 2.05) is 24.3 Å². The number of benzene rings is 2. The molecular formula is C22H19N5O3. The van der Waals surface area contributed by atoms with E-state index >= 15 is 0 Å². The van der Waals surface area contributed by atoms with E-state index in [0.29, 0.717) is 22.8 Å². The van der Waals surface area contributed by atoms with Crippen molar-refractivity contribution in [3.63, 3.8) is 0 Å². The fraction of sp³-hybridized carbons (Fsp3) is 0.0909. The molecule has 2 N–H and O–H groups in total. The zero-order valence-corrected chi connectivity index (χ0v) is 16.4. The Bertz CT molecular complexity index is 1230. The quantitative estimate of drug-likeness (QED) is 0.531. The minimum Gasteiger partial charge on any atom is -0.478 e. The summed E-state index contributed by atoms with van der Waals surface area (Å²) in [4.78, 5) is 29.2. The normalized spacial score (nSPS) is 10.7. The third-order valence-electron chi connectivity index (χ3n) is 4.60. The van der Waals surface area contributed by atoms with Crippen molar-refractivity contribution >= 4 is 29.2 Å². The predicted octanol–water partition coefficient (Wildman–Crippen LogP) is 3.54. The van der Waals surface area contributed by atoms with Crippen LogP contribution in [0.3, 0.4) is 0 Å². The molecule has 0 unspecified atom stereocenters. The highest BCUT2D eigenvalue weighted by atomic mass is 16.4. The molecule has 2 aromatic heterocycles. The average molecular weight is 401 g/mol. The van der Waals surface area contributed by atoms with Crippen molar-refractivity contribution < 1.29 is 14.7 Å². The first-order chi connectivity index (χ1) is 14.4. The monoisotopic (exact) mass is 401 g/mol. The van der Waals surface area contributed by atoms with E-state index in [9.17, 15) is 9.59 Å². The molecule has 2 heterocycles. The van der Waals surface area contributed by atoms with E-state index in [2.05, 4.69) is 15.4 Å². The van der Waals surface area contributed by atoms with Crippen LogP contribution in [0.15, 0.2) is 66.9 Å². The second-order valence-electron chi connectivity index (χ2n) is 6.91. The highest BCUT2D eigenvalue weighted by molar-refractivity contribution is 5.94. The van der Waals surface area contributed by atoms with Crippen LogP contribution in [-0.2, 0) is 0 Å². The van der Waals surface area contributed by atoms with Crippen LogP contribution in [0.25, 0.3) is 16.8 Å². The molecular weight excluding hydrogens is 382 g/mol. The van der Waals surface area contributed by atoms with Crippen LogP contribution in [-0.4, -0.2) is 50.6 Å². The second kappa shape index (κ2) is 7.67. The van der Waals surface area contributed by atoms with Crippen LogP contribution >= 0.6 is 0 Å². The maximum absolute atomic E-state index is 12.1. The zero-order valence-electron chi connectivity index (χ0n) is 16.4. The van der Waals surface area contributed by atoms with Crippen LogP contribution in [0.5, 0.6) is 0 Å². The summed E-state index contributed by atoms with van der Waals surface area (Å²) >= 11 is 0. The number of fused-ring (bicyclic) bond motifs is 1. The van der Waals surface area contributed by atoms with Gasteiger partial charge in [0.25, 0.3) is 5.91 Å². The Labute approximate surface area is 172 Å². The Morgan fingerprint density at radius 3 is 2.27 bits per heavy atom. The van der Waals surface area contributed by atoms with Gasteiger partial charge in [-0.1, -0.05) is 12.1 Å². The fourth-order valence-electron chi connectivity index (χ4n) is 3.06. The van der Waals surface area contributed by atoms with Gasteiger partial charge >= 0.3 is 5.97 Å². The van der Waals surface area contributed by atoms with E-state index in [0.717, 1.165) is 11.1 Å². The maximum atomic E-state index is 12.1. The van der Waals surface area contributed by atoms with Crippen LogP contribution < -0.4 is 5.32 Å². The summed E-state index contributed by atoms with van der Waals surface area (Å²) < 4.78 is 1.67. The van der Waals surface area contributed by atoms with Crippen molar-refractivity contribution in [1.29, 1.82) is 0 Å². The summed E-state index contributed by atoms with van der Waals surface area (Å²) in [6.07, 6.45) is 1.80. The van der Waals surface area contributed by atoms with Gasteiger partial charge in [0.2, 0.25) is 5.95 Å². The van der Waals surface area contributed by atoms with Gasteiger partial charge in [-0.2, -0.15) is 4.98 Å². The van der Waals surface area contributed by atoms with E-state index < -0.39 is 5.97 Å². The lowest BCUT2D eigenvalue weighted by Crippen LogP contribution is -2.21. The van der Waals surface area contributed by atoms with Gasteiger partial charge in [-0.25, -0.2) is 9.31 Å². The molecule has 0 atom stereocenters. The van der Waals surface area contributed by atoms with E-state index in [1.165, 1.54) is 17.0 Å². The van der Waals surface area contributed by atoms with Crippen molar-refractivity contribution in [2.75, 3.05) is 19.4 Å². The summed E-state index contributed by atoms with van der Waals surface area (Å²) in [6.45, 7) is 0. The number of carboxylic acid groups (broad SMARTS) is 1. The first kappa shape index (κ1) is 19.1. The molecule has 0 fully saturated rings. The standard InChI is InChI=1S/C22H19N5O3/c1-26(2)20(28)15-7-5-14(6-8-15)18-4-3-13-27-19(18)24-22(25-27)23-17-11-9-16(10-12-17)21(29)30/h3-13H,1-2H3,(H,23,25)(H,29,30). The molecule has 8 nitrogen and oxygen atoms in total. The molecule has 150 valence electrons. The summed E-state index contributed by atoms with van der Waals surface area (Å²) in [5, 5.41) is 16.5. The number of hydrogen-bond donors (Lipinski definition) is 2. The van der Waals surface area contributed by atoms with Crippen molar-refractivity contribution in [2.24, 2.45) is 0 Å². The van der Waals surface area contributed by atoms with Gasteiger partial charge in [0.05, 0.1) is 5.56 Å². The van der Waals surface area contributed by atoms with Crippen molar-refractivity contribution in [1.82, 2.24) is 19.5 Å². The molecule has 0 radical (unpaired) electrons. The predicted molar refractivity (Wildman–Crippen MR) is 113 cm³/mol. The van der Waals surface area contributed by atoms with Gasteiger partial charge in [-0.05, 0) is 54.1 Å². The first-order valence-electron chi connectivity index (χ1n) is 9.20. The first-order valence-corrected chi connectivity index (χ1v) is 9.20. The topological polar surface area (TPSA) is 99.8 Å². The lowest BCUT2D eigenvalue weighted by Gasteiger charge is -2.10. The Kier molecular flexibility index (Phi) is 4.89. The smallest absolute Gasteiger partial charge is 0.335 e. The third-order valence-corrected chi connectivity index (χ3v) is 4.60. The molecule has 0 aliphatic carbocycles. The molecule has 30 heavy (non-hydrogen) atoms. The number of nitrogens with one attached hydrogen (secondary N) is 1. The lowest BCUT2D eigenvalue weighted by atomic mass is 10.0. The number of carbonyl (C=O) groups excluding carboxylic acids is 1. The summed E-state index contributed by atoms with van der Waals surface area (Å²) in [5.74, 6) is -0.636. The minimum absolute atomic E-state index is 0.0531. The van der Waals surface area contributed by atoms with Gasteiger partial charge in [0.15, 0.2) is 5.65 Å². The van der Waals surface area contributed by atoms with E-state index in [1.54, 1.807) is 49.1 Å². The minimum atomic E-state index is -0.977. The number of amides is 1. The van der Waals surface area contributed by atoms with Crippen LogP contribution in [0.4, 0.5) is 11.6 Å². The van der Waals surface area contributed by atoms with Crippen LogP contribution in [0.1, 0.15) is 20.7 Å². The zero-order chi connectivity index (χ0) is 21.3. The largest absolute Gasteiger partial charge is 0.478 e. The molecule has 4 rings (SSSR count). The van der Waals surface area contributed by atoms with Gasteiger partial charge in [-0.15, -0.1) is 5.10 Å². The third kappa shape index (κ3) is 3.70. The van der Waals surface area contributed by atoms with Crippen molar-refractivity contribution in [2.45, 2.75) is 0 Å². The summed E-state index contributed by atoms with van der Waals surface area (Å²) in [7, 11) is 3.44. The van der Waals surface area contributed by atoms with E-state index in [-0.39, 0.29) is 11.5 Å². The maximum Gasteiger partial charge on any atom is 0.335 e. The number of aromatic nitrogens is 3. The highest BCUT2D eigenvalue weighted by Crippen LogP contribution is 2.25.